The van der Waals surface area contributed by atoms with Gasteiger partial charge >= 0.3 is 18.1 Å². The summed E-state index contributed by atoms with van der Waals surface area (Å²) < 4.78 is 56.1. The van der Waals surface area contributed by atoms with E-state index >= 15 is 0 Å². The number of aliphatic carboxylic acids is 1. The minimum atomic E-state index is -4.66. The van der Waals surface area contributed by atoms with Crippen molar-refractivity contribution in [2.24, 2.45) is 0 Å². The Kier molecular flexibility index (Phi) is 14.4. The van der Waals surface area contributed by atoms with Crippen molar-refractivity contribution in [2.75, 3.05) is 25.6 Å². The van der Waals surface area contributed by atoms with Crippen molar-refractivity contribution in [2.45, 2.75) is 58.2 Å². The maximum Gasteiger partial charge on any atom is 0.419 e. The molecule has 2 N–H and O–H groups in total. The van der Waals surface area contributed by atoms with E-state index in [0.29, 0.717) is 23.5 Å². The molecule has 0 saturated carbocycles. The highest BCUT2D eigenvalue weighted by atomic mass is 19.4. The number of nitrogens with zero attached hydrogens (tertiary/aromatic N) is 1. The summed E-state index contributed by atoms with van der Waals surface area (Å²) in [7, 11) is 1.12. The number of unbranched alkanes of at least 4 members (excludes halogenated alkanes) is 4. The number of amides is 2. The van der Waals surface area contributed by atoms with Crippen molar-refractivity contribution in [3.05, 3.63) is 119 Å². The molecular formula is C40H41F3N2O8. The summed E-state index contributed by atoms with van der Waals surface area (Å²) in [5.74, 6) is -2.42. The molecule has 0 unspecified atom stereocenters. The lowest BCUT2D eigenvalue weighted by Crippen LogP contribution is -2.35. The highest BCUT2D eigenvalue weighted by molar-refractivity contribution is 5.97. The van der Waals surface area contributed by atoms with E-state index in [-0.39, 0.29) is 41.3 Å². The van der Waals surface area contributed by atoms with Gasteiger partial charge in [-0.25, -0.2) is 4.79 Å². The number of carboxylic acids is 1. The minimum absolute atomic E-state index is 0.0698. The fourth-order valence-electron chi connectivity index (χ4n) is 5.35. The summed E-state index contributed by atoms with van der Waals surface area (Å²) >= 11 is 0. The normalized spacial score (nSPS) is 11.0. The highest BCUT2D eigenvalue weighted by Crippen LogP contribution is 2.36. The number of hydrogen-bond acceptors (Lipinski definition) is 7. The zero-order valence-corrected chi connectivity index (χ0v) is 29.4. The van der Waals surface area contributed by atoms with Crippen LogP contribution in [0.4, 0.5) is 18.9 Å². The SMILES string of the molecule is CCCCCCCOc1ccc(C(=O)Oc2ccc(CN(CC(=O)O)C(=O)c3ccc(NC(=O)Cc4ccc(OC)c(C(F)(F)F)c4)cc3)cc2)cc1. The third-order valence-electron chi connectivity index (χ3n) is 8.08. The summed E-state index contributed by atoms with van der Waals surface area (Å²) in [6.45, 7) is 2.10. The van der Waals surface area contributed by atoms with Gasteiger partial charge in [0.15, 0.2) is 0 Å². The summed E-state index contributed by atoms with van der Waals surface area (Å²) in [4.78, 5) is 51.4. The number of halogens is 3. The number of methoxy groups -OCH3 is 1. The van der Waals surface area contributed by atoms with Crippen molar-refractivity contribution in [1.29, 1.82) is 0 Å². The number of nitrogens with one attached hydrogen (secondary N) is 1. The molecule has 0 heterocycles. The van der Waals surface area contributed by atoms with Crippen LogP contribution in [0.25, 0.3) is 0 Å². The quantitative estimate of drug-likeness (QED) is 0.0595. The first-order valence-electron chi connectivity index (χ1n) is 17.0. The summed E-state index contributed by atoms with van der Waals surface area (Å²) in [6, 6.07) is 22.0. The molecule has 0 fully saturated rings. The lowest BCUT2D eigenvalue weighted by Gasteiger charge is -2.21. The summed E-state index contributed by atoms with van der Waals surface area (Å²) in [5, 5.41) is 12.1. The number of anilines is 1. The van der Waals surface area contributed by atoms with E-state index in [2.05, 4.69) is 12.2 Å². The zero-order valence-electron chi connectivity index (χ0n) is 29.4. The van der Waals surface area contributed by atoms with Crippen molar-refractivity contribution < 1.29 is 51.7 Å². The Morgan fingerprint density at radius 2 is 1.40 bits per heavy atom. The van der Waals surface area contributed by atoms with Crippen molar-refractivity contribution in [1.82, 2.24) is 4.90 Å². The van der Waals surface area contributed by atoms with Gasteiger partial charge in [0.1, 0.15) is 23.8 Å². The summed E-state index contributed by atoms with van der Waals surface area (Å²) in [5.41, 5.74) is 0.463. The van der Waals surface area contributed by atoms with Gasteiger partial charge in [0.05, 0.1) is 31.3 Å². The van der Waals surface area contributed by atoms with E-state index in [1.807, 2.05) is 0 Å². The molecule has 0 radical (unpaired) electrons. The van der Waals surface area contributed by atoms with E-state index < -0.39 is 42.0 Å². The fourth-order valence-corrected chi connectivity index (χ4v) is 5.35. The zero-order chi connectivity index (χ0) is 38.4. The van der Waals surface area contributed by atoms with E-state index in [0.717, 1.165) is 37.0 Å². The van der Waals surface area contributed by atoms with E-state index in [9.17, 15) is 37.5 Å². The Labute approximate surface area is 305 Å². The smallest absolute Gasteiger partial charge is 0.419 e. The molecule has 4 aromatic carbocycles. The number of carbonyl (C=O) groups is 4. The lowest BCUT2D eigenvalue weighted by atomic mass is 10.1. The average molecular weight is 735 g/mol. The van der Waals surface area contributed by atoms with Gasteiger partial charge in [0.25, 0.3) is 5.91 Å². The first-order valence-corrected chi connectivity index (χ1v) is 17.0. The Bertz CT molecular complexity index is 1840. The largest absolute Gasteiger partial charge is 0.496 e. The molecule has 2 amide bonds. The second-order valence-corrected chi connectivity index (χ2v) is 12.2. The molecule has 0 saturated heterocycles. The topological polar surface area (TPSA) is 131 Å². The molecule has 0 aliphatic heterocycles. The summed E-state index contributed by atoms with van der Waals surface area (Å²) in [6.07, 6.45) is 0.641. The van der Waals surface area contributed by atoms with Gasteiger partial charge in [-0.2, -0.15) is 13.2 Å². The van der Waals surface area contributed by atoms with Crippen LogP contribution in [-0.4, -0.2) is 54.0 Å². The van der Waals surface area contributed by atoms with E-state index in [1.165, 1.54) is 49.6 Å². The first kappa shape index (κ1) is 39.9. The number of carbonyl (C=O) groups excluding carboxylic acids is 3. The van der Waals surface area contributed by atoms with Crippen LogP contribution in [0.3, 0.4) is 0 Å². The highest BCUT2D eigenvalue weighted by Gasteiger charge is 2.34. The van der Waals surface area contributed by atoms with E-state index in [1.54, 1.807) is 48.5 Å². The third-order valence-corrected chi connectivity index (χ3v) is 8.08. The molecule has 0 aliphatic carbocycles. The van der Waals surface area contributed by atoms with Crippen LogP contribution in [-0.2, 0) is 28.7 Å². The Morgan fingerprint density at radius 1 is 0.774 bits per heavy atom. The fraction of sp³-hybridized carbons (Fsp3) is 0.300. The van der Waals surface area contributed by atoms with Crippen LogP contribution in [0.15, 0.2) is 91.0 Å². The van der Waals surface area contributed by atoms with Crippen LogP contribution in [0, 0.1) is 0 Å². The van der Waals surface area contributed by atoms with Crippen molar-refractivity contribution in [3.8, 4) is 17.2 Å². The van der Waals surface area contributed by atoms with Crippen LogP contribution < -0.4 is 19.5 Å². The maximum absolute atomic E-state index is 13.4. The number of carboxylic acid groups (broad SMARTS) is 1. The van der Waals surface area contributed by atoms with Crippen molar-refractivity contribution >= 4 is 29.4 Å². The molecule has 0 bridgehead atoms. The predicted octanol–water partition coefficient (Wildman–Crippen LogP) is 8.19. The van der Waals surface area contributed by atoms with Gasteiger partial charge in [0.2, 0.25) is 5.91 Å². The number of rotatable bonds is 18. The molecule has 53 heavy (non-hydrogen) atoms. The third kappa shape index (κ3) is 12.4. The number of hydrogen-bond donors (Lipinski definition) is 2. The Morgan fingerprint density at radius 3 is 2.02 bits per heavy atom. The monoisotopic (exact) mass is 734 g/mol. The van der Waals surface area contributed by atoms with Gasteiger partial charge in [-0.1, -0.05) is 50.8 Å². The lowest BCUT2D eigenvalue weighted by molar-refractivity contribution is -0.139. The van der Waals surface area contributed by atoms with Gasteiger partial charge in [-0.3, -0.25) is 14.4 Å². The molecule has 4 aromatic rings. The van der Waals surface area contributed by atoms with Gasteiger partial charge in [0, 0.05) is 17.8 Å². The predicted molar refractivity (Wildman–Crippen MR) is 191 cm³/mol. The maximum atomic E-state index is 13.4. The second-order valence-electron chi connectivity index (χ2n) is 12.2. The molecule has 280 valence electrons. The van der Waals surface area contributed by atoms with Gasteiger partial charge in [-0.15, -0.1) is 0 Å². The molecule has 10 nitrogen and oxygen atoms in total. The van der Waals surface area contributed by atoms with Gasteiger partial charge < -0.3 is 29.5 Å². The van der Waals surface area contributed by atoms with E-state index in [4.69, 9.17) is 14.2 Å². The molecule has 0 aromatic heterocycles. The molecule has 0 aliphatic rings. The molecular weight excluding hydrogens is 693 g/mol. The van der Waals surface area contributed by atoms with Crippen LogP contribution >= 0.6 is 0 Å². The number of ether oxygens (including phenoxy) is 3. The number of esters is 1. The Balaban J connectivity index is 1.31. The van der Waals surface area contributed by atoms with Crippen LogP contribution in [0.5, 0.6) is 17.2 Å². The minimum Gasteiger partial charge on any atom is -0.496 e. The Hall–Kier alpha value is -5.85. The molecule has 0 spiro atoms. The molecule has 13 heteroatoms. The second kappa shape index (κ2) is 19.1. The van der Waals surface area contributed by atoms with Crippen molar-refractivity contribution in [3.63, 3.8) is 0 Å². The molecule has 0 atom stereocenters. The van der Waals surface area contributed by atoms with Crippen LogP contribution in [0.2, 0.25) is 0 Å². The molecule has 4 rings (SSSR count). The number of benzene rings is 4. The van der Waals surface area contributed by atoms with Gasteiger partial charge in [-0.05, 0) is 90.3 Å². The average Bonchev–Trinajstić information content (AvgIpc) is 3.13. The standard InChI is InChI=1S/C40H41F3N2O8/c1-3-4-5-6-7-22-52-32-19-13-30(14-20-32)39(50)53-33-17-8-27(9-18-33)25-45(26-37(47)48)38(49)29-11-15-31(16-12-29)44-36(46)24-28-10-21-35(51-2)34(23-28)40(41,42)43/h8-21,23H,3-7,22,24-26H2,1-2H3,(H,44,46)(H,47,48). The first-order chi connectivity index (χ1) is 25.4. The number of alkyl halides is 3. The van der Waals surface area contributed by atoms with Crippen LogP contribution in [0.1, 0.15) is 76.4 Å².